The lowest BCUT2D eigenvalue weighted by molar-refractivity contribution is -0.137. The molecule has 0 aliphatic carbocycles. The first-order chi connectivity index (χ1) is 15.2. The van der Waals surface area contributed by atoms with Gasteiger partial charge in [0.1, 0.15) is 5.75 Å². The standard InChI is InChI=1S/C25H29N3O4/c1-16-12-17(2)14-19(13-16)9-10-20-6-4-7-22(24(20)31)26-15-21-18(3)27-28(25(21)32)11-5-8-23(29)30/h4,6-7,12-15,26,31H,5,8-11H2,1-3H3,(H,29,30)/b21-15-. The van der Waals surface area contributed by atoms with Crippen LogP contribution in [0.3, 0.4) is 0 Å². The second-order valence-electron chi connectivity index (χ2n) is 8.12. The van der Waals surface area contributed by atoms with Crippen LogP contribution in [0.2, 0.25) is 0 Å². The number of aryl methyl sites for hydroxylation is 4. The molecule has 1 amide bonds. The molecule has 0 aromatic heterocycles. The van der Waals surface area contributed by atoms with Gasteiger partial charge in [0, 0.05) is 19.2 Å². The van der Waals surface area contributed by atoms with E-state index >= 15 is 0 Å². The number of para-hydroxylation sites is 1. The van der Waals surface area contributed by atoms with E-state index in [2.05, 4.69) is 42.5 Å². The minimum Gasteiger partial charge on any atom is -0.505 e. The van der Waals surface area contributed by atoms with Crippen LogP contribution in [0, 0.1) is 13.8 Å². The van der Waals surface area contributed by atoms with Gasteiger partial charge in [-0.1, -0.05) is 41.5 Å². The van der Waals surface area contributed by atoms with Crippen LogP contribution in [0.4, 0.5) is 5.69 Å². The molecule has 0 saturated heterocycles. The van der Waals surface area contributed by atoms with Crippen molar-refractivity contribution in [2.75, 3.05) is 11.9 Å². The third-order valence-electron chi connectivity index (χ3n) is 5.34. The molecule has 1 aliphatic heterocycles. The summed E-state index contributed by atoms with van der Waals surface area (Å²) in [5.41, 5.74) is 5.95. The van der Waals surface area contributed by atoms with Crippen LogP contribution in [-0.2, 0) is 22.4 Å². The van der Waals surface area contributed by atoms with E-state index in [1.54, 1.807) is 19.2 Å². The number of aromatic hydroxyl groups is 1. The number of anilines is 1. The number of hydrogen-bond donors (Lipinski definition) is 3. The number of rotatable bonds is 9. The van der Waals surface area contributed by atoms with E-state index < -0.39 is 5.97 Å². The Labute approximate surface area is 188 Å². The van der Waals surface area contributed by atoms with Gasteiger partial charge in [-0.3, -0.25) is 9.59 Å². The van der Waals surface area contributed by atoms with E-state index in [9.17, 15) is 14.7 Å². The highest BCUT2D eigenvalue weighted by atomic mass is 16.4. The summed E-state index contributed by atoms with van der Waals surface area (Å²) < 4.78 is 0. The maximum Gasteiger partial charge on any atom is 0.303 e. The first-order valence-electron chi connectivity index (χ1n) is 10.7. The number of hydrazone groups is 1. The van der Waals surface area contributed by atoms with E-state index in [4.69, 9.17) is 5.11 Å². The number of benzene rings is 2. The van der Waals surface area contributed by atoms with Crippen molar-refractivity contribution in [2.24, 2.45) is 5.10 Å². The number of carboxylic acids is 1. The van der Waals surface area contributed by atoms with Crippen molar-refractivity contribution in [3.63, 3.8) is 0 Å². The highest BCUT2D eigenvalue weighted by Gasteiger charge is 2.27. The minimum absolute atomic E-state index is 0.0154. The zero-order valence-corrected chi connectivity index (χ0v) is 18.7. The molecule has 7 heteroatoms. The molecule has 0 atom stereocenters. The highest BCUT2D eigenvalue weighted by Crippen LogP contribution is 2.29. The Morgan fingerprint density at radius 3 is 2.53 bits per heavy atom. The van der Waals surface area contributed by atoms with Crippen LogP contribution in [-0.4, -0.2) is 39.4 Å². The average Bonchev–Trinajstić information content (AvgIpc) is 2.98. The molecule has 0 radical (unpaired) electrons. The van der Waals surface area contributed by atoms with Gasteiger partial charge in [0.25, 0.3) is 5.91 Å². The van der Waals surface area contributed by atoms with Crippen LogP contribution in [0.5, 0.6) is 5.75 Å². The lowest BCUT2D eigenvalue weighted by Gasteiger charge is -2.12. The number of carbonyl (C=O) groups is 2. The fourth-order valence-corrected chi connectivity index (χ4v) is 3.82. The van der Waals surface area contributed by atoms with Gasteiger partial charge in [0.2, 0.25) is 0 Å². The second kappa shape index (κ2) is 10.1. The first kappa shape index (κ1) is 23.1. The zero-order valence-electron chi connectivity index (χ0n) is 18.7. The molecule has 0 fully saturated rings. The molecule has 32 heavy (non-hydrogen) atoms. The lowest BCUT2D eigenvalue weighted by Crippen LogP contribution is -2.24. The van der Waals surface area contributed by atoms with Gasteiger partial charge in [-0.15, -0.1) is 0 Å². The Bertz CT molecular complexity index is 1070. The molecule has 2 aromatic rings. The lowest BCUT2D eigenvalue weighted by atomic mass is 10.00. The van der Waals surface area contributed by atoms with Crippen LogP contribution in [0.1, 0.15) is 42.0 Å². The normalized spacial score (nSPS) is 14.7. The fourth-order valence-electron chi connectivity index (χ4n) is 3.82. The molecule has 0 bridgehead atoms. The van der Waals surface area contributed by atoms with E-state index in [0.29, 0.717) is 29.8 Å². The van der Waals surface area contributed by atoms with E-state index in [-0.39, 0.29) is 24.6 Å². The largest absolute Gasteiger partial charge is 0.505 e. The molecule has 3 rings (SSSR count). The Balaban J connectivity index is 1.66. The number of nitrogens with zero attached hydrogens (tertiary/aromatic N) is 2. The number of carboxylic acid groups (broad SMARTS) is 1. The molecule has 168 valence electrons. The predicted molar refractivity (Wildman–Crippen MR) is 125 cm³/mol. The van der Waals surface area contributed by atoms with Gasteiger partial charge in [-0.2, -0.15) is 5.10 Å². The molecule has 7 nitrogen and oxygen atoms in total. The van der Waals surface area contributed by atoms with Gasteiger partial charge in [-0.25, -0.2) is 5.01 Å². The Morgan fingerprint density at radius 2 is 1.84 bits per heavy atom. The monoisotopic (exact) mass is 435 g/mol. The molecular formula is C25H29N3O4. The number of nitrogens with one attached hydrogen (secondary N) is 1. The Kier molecular flexibility index (Phi) is 7.30. The van der Waals surface area contributed by atoms with Crippen molar-refractivity contribution >= 4 is 23.3 Å². The summed E-state index contributed by atoms with van der Waals surface area (Å²) in [6, 6.07) is 12.0. The molecule has 0 spiro atoms. The van der Waals surface area contributed by atoms with Crippen molar-refractivity contribution in [3.05, 3.63) is 70.4 Å². The van der Waals surface area contributed by atoms with Gasteiger partial charge < -0.3 is 15.5 Å². The average molecular weight is 436 g/mol. The third-order valence-corrected chi connectivity index (χ3v) is 5.34. The predicted octanol–water partition coefficient (Wildman–Crippen LogP) is 4.17. The summed E-state index contributed by atoms with van der Waals surface area (Å²) >= 11 is 0. The van der Waals surface area contributed by atoms with E-state index in [1.165, 1.54) is 21.7 Å². The van der Waals surface area contributed by atoms with E-state index in [0.717, 1.165) is 12.0 Å². The van der Waals surface area contributed by atoms with Gasteiger partial charge >= 0.3 is 5.97 Å². The quantitative estimate of drug-likeness (QED) is 0.405. The number of aliphatic carboxylic acids is 1. The summed E-state index contributed by atoms with van der Waals surface area (Å²) in [6.45, 7) is 6.13. The van der Waals surface area contributed by atoms with Crippen molar-refractivity contribution in [1.82, 2.24) is 5.01 Å². The number of amides is 1. The van der Waals surface area contributed by atoms with Crippen molar-refractivity contribution in [1.29, 1.82) is 0 Å². The number of phenolic OH excluding ortho intramolecular Hbond substituents is 1. The topological polar surface area (TPSA) is 102 Å². The molecule has 2 aromatic carbocycles. The SMILES string of the molecule is CC1=NN(CCCC(=O)O)C(=O)/C1=C\Nc1cccc(CCc2cc(C)cc(C)c2)c1O. The molecule has 0 unspecified atom stereocenters. The highest BCUT2D eigenvalue weighted by molar-refractivity contribution is 6.23. The van der Waals surface area contributed by atoms with Gasteiger partial charge in [0.05, 0.1) is 17.0 Å². The number of phenols is 1. The van der Waals surface area contributed by atoms with Crippen LogP contribution >= 0.6 is 0 Å². The summed E-state index contributed by atoms with van der Waals surface area (Å²) in [6.07, 6.45) is 3.37. The number of carbonyl (C=O) groups excluding carboxylic acids is 1. The molecule has 3 N–H and O–H groups in total. The summed E-state index contributed by atoms with van der Waals surface area (Å²) in [7, 11) is 0. The molecular weight excluding hydrogens is 406 g/mol. The van der Waals surface area contributed by atoms with Crippen LogP contribution < -0.4 is 5.32 Å². The summed E-state index contributed by atoms with van der Waals surface area (Å²) in [4.78, 5) is 23.2. The smallest absolute Gasteiger partial charge is 0.303 e. The zero-order chi connectivity index (χ0) is 23.3. The first-order valence-corrected chi connectivity index (χ1v) is 10.7. The van der Waals surface area contributed by atoms with Gasteiger partial charge in [-0.05, 0) is 57.2 Å². The fraction of sp³-hybridized carbons (Fsp3) is 0.320. The Morgan fingerprint density at radius 1 is 1.12 bits per heavy atom. The second-order valence-corrected chi connectivity index (χ2v) is 8.12. The van der Waals surface area contributed by atoms with Crippen LogP contribution in [0.25, 0.3) is 0 Å². The molecule has 1 heterocycles. The van der Waals surface area contributed by atoms with Gasteiger partial charge in [0.15, 0.2) is 0 Å². The molecule has 0 saturated carbocycles. The van der Waals surface area contributed by atoms with Crippen molar-refractivity contribution < 1.29 is 19.8 Å². The minimum atomic E-state index is -0.900. The number of hydrogen-bond acceptors (Lipinski definition) is 5. The maximum atomic E-state index is 12.6. The van der Waals surface area contributed by atoms with Crippen molar-refractivity contribution in [3.8, 4) is 5.75 Å². The third kappa shape index (κ3) is 5.75. The Hall–Kier alpha value is -3.61. The summed E-state index contributed by atoms with van der Waals surface area (Å²) in [5.74, 6) is -1.03. The maximum absolute atomic E-state index is 12.6. The van der Waals surface area contributed by atoms with Crippen molar-refractivity contribution in [2.45, 2.75) is 46.5 Å². The summed E-state index contributed by atoms with van der Waals surface area (Å²) in [5, 5.41) is 28.0. The van der Waals surface area contributed by atoms with E-state index in [1.807, 2.05) is 12.1 Å². The van der Waals surface area contributed by atoms with Crippen LogP contribution in [0.15, 0.2) is 53.3 Å². The molecule has 1 aliphatic rings.